The number of hydrogen-bond donors (Lipinski definition) is 2. The van der Waals surface area contributed by atoms with E-state index >= 15 is 0 Å². The maximum Gasteiger partial charge on any atom is 0.215 e. The van der Waals surface area contributed by atoms with Crippen LogP contribution < -0.4 is 14.8 Å². The predicted molar refractivity (Wildman–Crippen MR) is 81.4 cm³/mol. The zero-order valence-corrected chi connectivity index (χ0v) is 13.2. The quantitative estimate of drug-likeness (QED) is 0.678. The lowest BCUT2D eigenvalue weighted by atomic mass is 10.2. The van der Waals surface area contributed by atoms with Gasteiger partial charge in [-0.2, -0.15) is 0 Å². The molecule has 0 radical (unpaired) electrons. The van der Waals surface area contributed by atoms with E-state index in [1.54, 1.807) is 14.0 Å². The van der Waals surface area contributed by atoms with Gasteiger partial charge in [-0.3, -0.25) is 0 Å². The van der Waals surface area contributed by atoms with Crippen molar-refractivity contribution in [2.45, 2.75) is 32.1 Å². The van der Waals surface area contributed by atoms with Crippen LogP contribution in [0.5, 0.6) is 5.75 Å². The first kappa shape index (κ1) is 16.9. The molecule has 6 heteroatoms. The summed E-state index contributed by atoms with van der Waals surface area (Å²) < 4.78 is 32.0. The van der Waals surface area contributed by atoms with Crippen LogP contribution in [0.4, 0.5) is 0 Å². The van der Waals surface area contributed by atoms with Crippen LogP contribution in [0, 0.1) is 0 Å². The molecule has 1 unspecified atom stereocenters. The highest BCUT2D eigenvalue weighted by atomic mass is 32.2. The smallest absolute Gasteiger partial charge is 0.215 e. The van der Waals surface area contributed by atoms with E-state index in [-0.39, 0.29) is 6.54 Å². The summed E-state index contributed by atoms with van der Waals surface area (Å²) in [4.78, 5) is 0. The molecule has 5 nitrogen and oxygen atoms in total. The summed E-state index contributed by atoms with van der Waals surface area (Å²) in [6, 6.07) is 7.38. The van der Waals surface area contributed by atoms with Gasteiger partial charge in [-0.25, -0.2) is 13.1 Å². The molecule has 20 heavy (non-hydrogen) atoms. The largest absolute Gasteiger partial charge is 0.496 e. The molecule has 0 heterocycles. The molecule has 1 atom stereocenters. The second kappa shape index (κ2) is 8.24. The number of para-hydroxylation sites is 1. The third-order valence-electron chi connectivity index (χ3n) is 3.04. The van der Waals surface area contributed by atoms with E-state index in [2.05, 4.69) is 10.0 Å². The fraction of sp³-hybridized carbons (Fsp3) is 0.571. The minimum atomic E-state index is -3.33. The molecule has 1 rings (SSSR count). The first-order valence-corrected chi connectivity index (χ1v) is 8.37. The molecular formula is C14H24N2O3S. The van der Waals surface area contributed by atoms with Crippen molar-refractivity contribution in [3.63, 3.8) is 0 Å². The third-order valence-corrected chi connectivity index (χ3v) is 4.82. The monoisotopic (exact) mass is 300 g/mol. The number of nitrogens with one attached hydrogen (secondary N) is 2. The lowest BCUT2D eigenvalue weighted by molar-refractivity contribution is 0.409. The van der Waals surface area contributed by atoms with E-state index in [1.165, 1.54) is 0 Å². The lowest BCUT2D eigenvalue weighted by Crippen LogP contribution is -2.38. The summed E-state index contributed by atoms with van der Waals surface area (Å²) in [7, 11) is -1.76. The fourth-order valence-electron chi connectivity index (χ4n) is 1.76. The van der Waals surface area contributed by atoms with Crippen LogP contribution in [0.2, 0.25) is 0 Å². The van der Waals surface area contributed by atoms with Gasteiger partial charge in [0.15, 0.2) is 0 Å². The molecule has 0 spiro atoms. The number of sulfonamides is 1. The zero-order chi connectivity index (χ0) is 15.0. The zero-order valence-electron chi connectivity index (χ0n) is 12.3. The van der Waals surface area contributed by atoms with E-state index in [9.17, 15) is 8.42 Å². The Morgan fingerprint density at radius 1 is 1.30 bits per heavy atom. The highest BCUT2D eigenvalue weighted by Crippen LogP contribution is 2.17. The van der Waals surface area contributed by atoms with Crippen LogP contribution in [-0.2, 0) is 16.6 Å². The molecule has 0 bridgehead atoms. The molecule has 0 aromatic heterocycles. The first-order chi connectivity index (χ1) is 9.51. The number of hydrogen-bond acceptors (Lipinski definition) is 4. The van der Waals surface area contributed by atoms with Gasteiger partial charge in [-0.15, -0.1) is 0 Å². The van der Waals surface area contributed by atoms with Gasteiger partial charge in [0, 0.05) is 18.7 Å². The summed E-state index contributed by atoms with van der Waals surface area (Å²) in [5, 5.41) is 2.65. The second-order valence-corrected chi connectivity index (χ2v) is 6.88. The van der Waals surface area contributed by atoms with E-state index in [4.69, 9.17) is 4.74 Å². The summed E-state index contributed by atoms with van der Waals surface area (Å²) in [6.45, 7) is 5.27. The van der Waals surface area contributed by atoms with Crippen LogP contribution in [0.3, 0.4) is 0 Å². The summed E-state index contributed by atoms with van der Waals surface area (Å²) >= 11 is 0. The molecule has 1 aromatic carbocycles. The number of rotatable bonds is 9. The van der Waals surface area contributed by atoms with Gasteiger partial charge in [0.1, 0.15) is 5.75 Å². The molecule has 0 aliphatic heterocycles. The van der Waals surface area contributed by atoms with Crippen molar-refractivity contribution in [1.82, 2.24) is 10.0 Å². The van der Waals surface area contributed by atoms with Gasteiger partial charge in [0.05, 0.1) is 12.4 Å². The maximum atomic E-state index is 12.1. The fourth-order valence-corrected chi connectivity index (χ4v) is 2.74. The van der Waals surface area contributed by atoms with E-state index < -0.39 is 15.3 Å². The van der Waals surface area contributed by atoms with Crippen LogP contribution in [-0.4, -0.2) is 33.9 Å². The van der Waals surface area contributed by atoms with Crippen molar-refractivity contribution >= 4 is 10.0 Å². The molecule has 2 N–H and O–H groups in total. The molecule has 0 aliphatic rings. The average Bonchev–Trinajstić information content (AvgIpc) is 2.45. The number of methoxy groups -OCH3 is 1. The molecule has 114 valence electrons. The molecule has 0 fully saturated rings. The van der Waals surface area contributed by atoms with Crippen LogP contribution >= 0.6 is 0 Å². The second-order valence-electron chi connectivity index (χ2n) is 4.69. The van der Waals surface area contributed by atoms with E-state index in [0.717, 1.165) is 18.5 Å². The highest BCUT2D eigenvalue weighted by molar-refractivity contribution is 7.90. The normalized spacial score (nSPS) is 13.2. The summed E-state index contributed by atoms with van der Waals surface area (Å²) in [6.07, 6.45) is 0.988. The summed E-state index contributed by atoms with van der Waals surface area (Å²) in [5.41, 5.74) is 0.826. The van der Waals surface area contributed by atoms with Crippen molar-refractivity contribution in [3.8, 4) is 5.75 Å². The topological polar surface area (TPSA) is 67.4 Å². The Balaban J connectivity index is 2.58. The van der Waals surface area contributed by atoms with Gasteiger partial charge in [-0.05, 0) is 26.0 Å². The van der Waals surface area contributed by atoms with Gasteiger partial charge in [0.25, 0.3) is 0 Å². The minimum absolute atomic E-state index is 0.241. The Labute approximate surface area is 121 Å². The van der Waals surface area contributed by atoms with E-state index in [1.807, 2.05) is 31.2 Å². The van der Waals surface area contributed by atoms with Crippen LogP contribution in [0.1, 0.15) is 25.8 Å². The van der Waals surface area contributed by atoms with E-state index in [0.29, 0.717) is 12.3 Å². The Morgan fingerprint density at radius 3 is 2.65 bits per heavy atom. The average molecular weight is 300 g/mol. The molecule has 0 saturated heterocycles. The van der Waals surface area contributed by atoms with Crippen molar-refractivity contribution < 1.29 is 13.2 Å². The molecule has 0 aliphatic carbocycles. The first-order valence-electron chi connectivity index (χ1n) is 6.82. The van der Waals surface area contributed by atoms with Gasteiger partial charge >= 0.3 is 0 Å². The number of ether oxygens (including phenoxy) is 1. The maximum absolute atomic E-state index is 12.1. The Hall–Kier alpha value is -1.11. The Morgan fingerprint density at radius 2 is 2.00 bits per heavy atom. The Kier molecular flexibility index (Phi) is 6.98. The molecule has 1 aromatic rings. The standard InChI is InChI=1S/C14H24N2O3S/c1-4-9-15-10-12(2)20(17,18)16-11-13-7-5-6-8-14(13)19-3/h5-8,12,15-16H,4,9-11H2,1-3H3. The van der Waals surface area contributed by atoms with Crippen LogP contribution in [0.15, 0.2) is 24.3 Å². The van der Waals surface area contributed by atoms with Crippen LogP contribution in [0.25, 0.3) is 0 Å². The number of benzene rings is 1. The van der Waals surface area contributed by atoms with Crippen molar-refractivity contribution in [2.75, 3.05) is 20.2 Å². The highest BCUT2D eigenvalue weighted by Gasteiger charge is 2.20. The SMILES string of the molecule is CCCNCC(C)S(=O)(=O)NCc1ccccc1OC. The van der Waals surface area contributed by atoms with Crippen molar-refractivity contribution in [1.29, 1.82) is 0 Å². The predicted octanol–water partition coefficient (Wildman–Crippen LogP) is 1.50. The van der Waals surface area contributed by atoms with Crippen molar-refractivity contribution in [3.05, 3.63) is 29.8 Å². The lowest BCUT2D eigenvalue weighted by Gasteiger charge is -2.15. The van der Waals surface area contributed by atoms with Gasteiger partial charge in [0.2, 0.25) is 10.0 Å². The van der Waals surface area contributed by atoms with Gasteiger partial charge < -0.3 is 10.1 Å². The van der Waals surface area contributed by atoms with Gasteiger partial charge in [-0.1, -0.05) is 25.1 Å². The molecule has 0 amide bonds. The Bertz CT molecular complexity index is 503. The minimum Gasteiger partial charge on any atom is -0.496 e. The van der Waals surface area contributed by atoms with Crippen molar-refractivity contribution in [2.24, 2.45) is 0 Å². The molecular weight excluding hydrogens is 276 g/mol. The third kappa shape index (κ3) is 5.11. The molecule has 0 saturated carbocycles. The summed E-state index contributed by atoms with van der Waals surface area (Å²) in [5.74, 6) is 0.687.